The second-order valence-corrected chi connectivity index (χ2v) is 8.84. The Morgan fingerprint density at radius 3 is 2.14 bits per heavy atom. The maximum Gasteiger partial charge on any atom is 0.408 e. The van der Waals surface area contributed by atoms with Crippen molar-refractivity contribution in [3.8, 4) is 0 Å². The van der Waals surface area contributed by atoms with Gasteiger partial charge in [0.2, 0.25) is 5.91 Å². The fourth-order valence-electron chi connectivity index (χ4n) is 3.25. The van der Waals surface area contributed by atoms with Crippen molar-refractivity contribution in [3.63, 3.8) is 0 Å². The molecule has 0 spiro atoms. The summed E-state index contributed by atoms with van der Waals surface area (Å²) in [5, 5.41) is 24.3. The molecule has 0 fully saturated rings. The number of ether oxygens (including phenoxy) is 1. The van der Waals surface area contributed by atoms with Gasteiger partial charge in [-0.05, 0) is 38.5 Å². The molecule has 2 aromatic carbocycles. The van der Waals surface area contributed by atoms with E-state index in [9.17, 15) is 34.2 Å². The third kappa shape index (κ3) is 6.87. The summed E-state index contributed by atoms with van der Waals surface area (Å²) in [6.07, 6.45) is -2.73. The average Bonchev–Trinajstić information content (AvgIpc) is 2.82. The molecule has 0 radical (unpaired) electrons. The maximum atomic E-state index is 13.1. The van der Waals surface area contributed by atoms with Crippen LogP contribution < -0.4 is 22.1 Å². The Morgan fingerprint density at radius 2 is 1.59 bits per heavy atom. The molecule has 8 N–H and O–H groups in total. The first kappa shape index (κ1) is 28.4. The summed E-state index contributed by atoms with van der Waals surface area (Å²) in [7, 11) is 0. The third-order valence-electron chi connectivity index (χ3n) is 5.62. The van der Waals surface area contributed by atoms with E-state index in [1.165, 1.54) is 32.0 Å². The molecular formula is C24H29N5O8. The highest BCUT2D eigenvalue weighted by atomic mass is 16.5. The van der Waals surface area contributed by atoms with Crippen LogP contribution in [0.1, 0.15) is 36.7 Å². The smallest absolute Gasteiger partial charge is 0.408 e. The number of carboxylic acid groups (broad SMARTS) is 2. The van der Waals surface area contributed by atoms with E-state index >= 15 is 0 Å². The minimum atomic E-state index is -2.17. The summed E-state index contributed by atoms with van der Waals surface area (Å²) in [6.45, 7) is 2.58. The van der Waals surface area contributed by atoms with E-state index in [0.29, 0.717) is 10.5 Å². The summed E-state index contributed by atoms with van der Waals surface area (Å²) in [6, 6.07) is 12.8. The number of amides is 4. The predicted octanol–water partition coefficient (Wildman–Crippen LogP) is 1.83. The van der Waals surface area contributed by atoms with Crippen LogP contribution in [-0.4, -0.2) is 62.7 Å². The van der Waals surface area contributed by atoms with Crippen LogP contribution in [0.25, 0.3) is 0 Å². The minimum Gasteiger partial charge on any atom is -0.479 e. The van der Waals surface area contributed by atoms with Crippen molar-refractivity contribution < 1.29 is 38.9 Å². The topological polar surface area (TPSA) is 214 Å². The molecule has 0 heterocycles. The van der Waals surface area contributed by atoms with Gasteiger partial charge in [0.1, 0.15) is 12.1 Å². The summed E-state index contributed by atoms with van der Waals surface area (Å²) in [5.41, 5.74) is 7.59. The molecule has 0 aliphatic carbocycles. The number of anilines is 2. The fourth-order valence-corrected chi connectivity index (χ4v) is 3.25. The number of hydrogen-bond donors (Lipinski definition) is 6. The van der Waals surface area contributed by atoms with Gasteiger partial charge in [-0.2, -0.15) is 0 Å². The molecule has 1 unspecified atom stereocenters. The van der Waals surface area contributed by atoms with Crippen LogP contribution in [0.15, 0.2) is 48.5 Å². The Kier molecular flexibility index (Phi) is 8.67. The Balaban J connectivity index is 2.24. The van der Waals surface area contributed by atoms with Crippen LogP contribution >= 0.6 is 0 Å². The van der Waals surface area contributed by atoms with Crippen molar-refractivity contribution >= 4 is 41.3 Å². The lowest BCUT2D eigenvalue weighted by atomic mass is 9.95. The van der Waals surface area contributed by atoms with Crippen LogP contribution in [0.3, 0.4) is 0 Å². The van der Waals surface area contributed by atoms with Gasteiger partial charge in [-0.1, -0.05) is 36.4 Å². The number of benzene rings is 2. The predicted molar refractivity (Wildman–Crippen MR) is 133 cm³/mol. The molecule has 37 heavy (non-hydrogen) atoms. The maximum absolute atomic E-state index is 13.1. The molecule has 13 heteroatoms. The van der Waals surface area contributed by atoms with Crippen LogP contribution in [0.2, 0.25) is 0 Å². The number of nitrogens with zero attached hydrogens (tertiary/aromatic N) is 1. The molecule has 0 bridgehead atoms. The van der Waals surface area contributed by atoms with Gasteiger partial charge in [0.15, 0.2) is 5.54 Å². The summed E-state index contributed by atoms with van der Waals surface area (Å²) in [5.74, 6) is -3.28. The fraction of sp³-hybridized carbons (Fsp3) is 0.292. The van der Waals surface area contributed by atoms with E-state index in [1.807, 2.05) is 0 Å². The molecule has 1 atom stereocenters. The van der Waals surface area contributed by atoms with Gasteiger partial charge in [-0.15, -0.1) is 0 Å². The SMILES string of the molecule is CC(CN(C(=O)O)C(C)(C)C(=O)Nc1cccc(C(N)=O)c1N)(NC(=O)OCc1ccccc1)C(=O)O. The quantitative estimate of drug-likeness (QED) is 0.254. The molecule has 0 aliphatic heterocycles. The first-order valence-electron chi connectivity index (χ1n) is 10.9. The van der Waals surface area contributed by atoms with Gasteiger partial charge < -0.3 is 37.1 Å². The van der Waals surface area contributed by atoms with Gasteiger partial charge in [-0.3, -0.25) is 14.5 Å². The molecule has 0 aliphatic rings. The lowest BCUT2D eigenvalue weighted by Crippen LogP contribution is -2.65. The molecule has 4 amide bonds. The Hall–Kier alpha value is -4.81. The summed E-state index contributed by atoms with van der Waals surface area (Å²) >= 11 is 0. The van der Waals surface area contributed by atoms with E-state index in [2.05, 4.69) is 10.6 Å². The second kappa shape index (κ2) is 11.3. The number of nitrogens with one attached hydrogen (secondary N) is 2. The standard InChI is InChI=1S/C24H29N5O8/c1-23(2,19(31)27-16-11-7-10-15(17(16)25)18(26)30)29(22(35)36)13-24(3,20(32)33)28-21(34)37-12-14-8-5-4-6-9-14/h4-11H,12-13,25H2,1-3H3,(H2,26,30)(H,27,31)(H,28,34)(H,32,33)(H,35,36). The first-order valence-corrected chi connectivity index (χ1v) is 10.9. The zero-order valence-electron chi connectivity index (χ0n) is 20.5. The van der Waals surface area contributed by atoms with E-state index in [1.54, 1.807) is 30.3 Å². The number of primary amides is 1. The number of nitrogen functional groups attached to an aromatic ring is 1. The van der Waals surface area contributed by atoms with Gasteiger partial charge in [0.25, 0.3) is 5.91 Å². The number of rotatable bonds is 10. The molecule has 0 aromatic heterocycles. The monoisotopic (exact) mass is 515 g/mol. The van der Waals surface area contributed by atoms with Crippen LogP contribution in [0, 0.1) is 0 Å². The molecule has 2 rings (SSSR count). The van der Waals surface area contributed by atoms with Crippen molar-refractivity contribution in [2.75, 3.05) is 17.6 Å². The number of carbonyl (C=O) groups excluding carboxylic acids is 3. The number of para-hydroxylation sites is 1. The third-order valence-corrected chi connectivity index (χ3v) is 5.62. The lowest BCUT2D eigenvalue weighted by molar-refractivity contribution is -0.145. The molecule has 0 saturated heterocycles. The highest BCUT2D eigenvalue weighted by Gasteiger charge is 2.46. The molecule has 13 nitrogen and oxygen atoms in total. The first-order chi connectivity index (χ1) is 17.2. The zero-order chi connectivity index (χ0) is 28.0. The van der Waals surface area contributed by atoms with Crippen LogP contribution in [0.5, 0.6) is 0 Å². The van der Waals surface area contributed by atoms with Crippen LogP contribution in [-0.2, 0) is 20.9 Å². The summed E-state index contributed by atoms with van der Waals surface area (Å²) in [4.78, 5) is 61.7. The number of alkyl carbamates (subject to hydrolysis) is 1. The number of aliphatic carboxylic acids is 1. The van der Waals surface area contributed by atoms with Crippen LogP contribution in [0.4, 0.5) is 21.0 Å². The van der Waals surface area contributed by atoms with Gasteiger partial charge in [0.05, 0.1) is 23.5 Å². The highest BCUT2D eigenvalue weighted by molar-refractivity contribution is 6.06. The van der Waals surface area contributed by atoms with Crippen molar-refractivity contribution in [2.45, 2.75) is 38.5 Å². The minimum absolute atomic E-state index is 0.00308. The summed E-state index contributed by atoms with van der Waals surface area (Å²) < 4.78 is 5.06. The average molecular weight is 516 g/mol. The number of hydrogen-bond acceptors (Lipinski definition) is 7. The Labute approximate surface area is 212 Å². The molecule has 198 valence electrons. The van der Waals surface area contributed by atoms with Crippen molar-refractivity contribution in [1.29, 1.82) is 0 Å². The van der Waals surface area contributed by atoms with E-state index in [-0.39, 0.29) is 23.5 Å². The van der Waals surface area contributed by atoms with E-state index in [4.69, 9.17) is 16.2 Å². The number of nitrogens with two attached hydrogens (primary N) is 2. The van der Waals surface area contributed by atoms with Gasteiger partial charge in [-0.25, -0.2) is 14.4 Å². The largest absolute Gasteiger partial charge is 0.479 e. The van der Waals surface area contributed by atoms with Crippen molar-refractivity contribution in [2.24, 2.45) is 5.73 Å². The molecule has 2 aromatic rings. The Morgan fingerprint density at radius 1 is 0.973 bits per heavy atom. The number of carbonyl (C=O) groups is 5. The molecular weight excluding hydrogens is 486 g/mol. The zero-order valence-corrected chi connectivity index (χ0v) is 20.5. The highest BCUT2D eigenvalue weighted by Crippen LogP contribution is 2.26. The number of carboxylic acids is 1. The van der Waals surface area contributed by atoms with Gasteiger partial charge in [0, 0.05) is 0 Å². The Bertz CT molecular complexity index is 1200. The normalized spacial score (nSPS) is 12.5. The lowest BCUT2D eigenvalue weighted by Gasteiger charge is -2.39. The molecule has 0 saturated carbocycles. The van der Waals surface area contributed by atoms with E-state index < -0.39 is 47.6 Å². The van der Waals surface area contributed by atoms with Crippen molar-refractivity contribution in [1.82, 2.24) is 10.2 Å². The second-order valence-electron chi connectivity index (χ2n) is 8.84. The van der Waals surface area contributed by atoms with Gasteiger partial charge >= 0.3 is 18.2 Å². The van der Waals surface area contributed by atoms with Crippen molar-refractivity contribution in [3.05, 3.63) is 59.7 Å². The van der Waals surface area contributed by atoms with E-state index in [0.717, 1.165) is 6.92 Å².